The molecule has 108 valence electrons. The molecular weight excluding hydrogens is 278 g/mol. The predicted molar refractivity (Wildman–Crippen MR) is 73.0 cm³/mol. The number of hydrogen-bond donors (Lipinski definition) is 2. The van der Waals surface area contributed by atoms with Crippen molar-refractivity contribution in [3.63, 3.8) is 0 Å². The highest BCUT2D eigenvalue weighted by Gasteiger charge is 2.51. The van der Waals surface area contributed by atoms with E-state index in [1.165, 1.54) is 12.1 Å². The summed E-state index contributed by atoms with van der Waals surface area (Å²) in [6.45, 7) is 0. The molecule has 0 radical (unpaired) electrons. The van der Waals surface area contributed by atoms with E-state index in [-0.39, 0.29) is 10.9 Å². The zero-order valence-corrected chi connectivity index (χ0v) is 11.8. The van der Waals surface area contributed by atoms with Crippen molar-refractivity contribution in [1.82, 2.24) is 4.72 Å². The highest BCUT2D eigenvalue weighted by molar-refractivity contribution is 7.89. The molecule has 2 fully saturated rings. The molecular formula is C14H17NO4S. The Morgan fingerprint density at radius 1 is 1.20 bits per heavy atom. The number of sulfonamides is 1. The standard InChI is InChI=1S/C14H17NO4S/c16-13(17)14(8-9-14)10-4-6-12(7-5-10)20(18,19)15-11-2-1-3-11/h4-7,11,15H,1-3,8-9H2,(H,16,17). The largest absolute Gasteiger partial charge is 0.481 e. The molecule has 0 amide bonds. The van der Waals surface area contributed by atoms with Crippen molar-refractivity contribution in [1.29, 1.82) is 0 Å². The maximum Gasteiger partial charge on any atom is 0.314 e. The van der Waals surface area contributed by atoms with Crippen LogP contribution in [0.3, 0.4) is 0 Å². The first kappa shape index (κ1) is 13.6. The fourth-order valence-electron chi connectivity index (χ4n) is 2.52. The number of carbonyl (C=O) groups is 1. The molecule has 0 spiro atoms. The quantitative estimate of drug-likeness (QED) is 0.865. The Balaban J connectivity index is 1.81. The molecule has 0 unspecified atom stereocenters. The van der Waals surface area contributed by atoms with E-state index in [0.29, 0.717) is 18.4 Å². The third-order valence-corrected chi connectivity index (χ3v) is 5.84. The Labute approximate surface area is 118 Å². The van der Waals surface area contributed by atoms with Crippen molar-refractivity contribution in [3.05, 3.63) is 29.8 Å². The molecule has 0 aromatic heterocycles. The Bertz CT molecular complexity index is 628. The summed E-state index contributed by atoms with van der Waals surface area (Å²) >= 11 is 0. The lowest BCUT2D eigenvalue weighted by atomic mass is 9.94. The van der Waals surface area contributed by atoms with Gasteiger partial charge in [0, 0.05) is 6.04 Å². The monoisotopic (exact) mass is 295 g/mol. The Hall–Kier alpha value is -1.40. The molecule has 20 heavy (non-hydrogen) atoms. The summed E-state index contributed by atoms with van der Waals surface area (Å²) < 4.78 is 26.9. The summed E-state index contributed by atoms with van der Waals surface area (Å²) in [6, 6.07) is 6.29. The minimum absolute atomic E-state index is 0.0495. The predicted octanol–water partition coefficient (Wildman–Crippen LogP) is 1.63. The van der Waals surface area contributed by atoms with Gasteiger partial charge in [-0.05, 0) is 43.4 Å². The van der Waals surface area contributed by atoms with E-state index in [1.807, 2.05) is 0 Å². The second-order valence-electron chi connectivity index (χ2n) is 5.66. The molecule has 2 aliphatic carbocycles. The van der Waals surface area contributed by atoms with Gasteiger partial charge < -0.3 is 5.11 Å². The van der Waals surface area contributed by atoms with E-state index in [2.05, 4.69) is 4.72 Å². The minimum atomic E-state index is -3.48. The van der Waals surface area contributed by atoms with E-state index < -0.39 is 21.4 Å². The SMILES string of the molecule is O=C(O)C1(c2ccc(S(=O)(=O)NC3CCC3)cc2)CC1. The van der Waals surface area contributed by atoms with Crippen molar-refractivity contribution in [2.75, 3.05) is 0 Å². The maximum absolute atomic E-state index is 12.1. The number of hydrogen-bond acceptors (Lipinski definition) is 3. The molecule has 3 rings (SSSR count). The number of carboxylic acid groups (broad SMARTS) is 1. The van der Waals surface area contributed by atoms with Crippen molar-refractivity contribution >= 4 is 16.0 Å². The van der Waals surface area contributed by atoms with Gasteiger partial charge in [0.05, 0.1) is 10.3 Å². The van der Waals surface area contributed by atoms with Crippen LogP contribution >= 0.6 is 0 Å². The molecule has 0 heterocycles. The van der Waals surface area contributed by atoms with E-state index in [4.69, 9.17) is 0 Å². The molecule has 0 bridgehead atoms. The fourth-order valence-corrected chi connectivity index (χ4v) is 3.82. The van der Waals surface area contributed by atoms with Gasteiger partial charge in [0.25, 0.3) is 0 Å². The average Bonchev–Trinajstić information content (AvgIpc) is 3.16. The summed E-state index contributed by atoms with van der Waals surface area (Å²) in [5.74, 6) is -0.833. The van der Waals surface area contributed by atoms with Gasteiger partial charge in [-0.2, -0.15) is 0 Å². The Morgan fingerprint density at radius 3 is 2.20 bits per heavy atom. The first-order valence-corrected chi connectivity index (χ1v) is 8.29. The molecule has 2 aliphatic rings. The minimum Gasteiger partial charge on any atom is -0.481 e. The lowest BCUT2D eigenvalue weighted by Gasteiger charge is -2.26. The molecule has 0 aliphatic heterocycles. The second kappa shape index (κ2) is 4.56. The van der Waals surface area contributed by atoms with Gasteiger partial charge in [-0.25, -0.2) is 13.1 Å². The van der Waals surface area contributed by atoms with E-state index in [1.54, 1.807) is 12.1 Å². The molecule has 5 nitrogen and oxygen atoms in total. The zero-order chi connectivity index (χ0) is 14.4. The van der Waals surface area contributed by atoms with Crippen LogP contribution in [0.15, 0.2) is 29.2 Å². The third kappa shape index (κ3) is 2.23. The summed E-state index contributed by atoms with van der Waals surface area (Å²) in [7, 11) is -3.48. The maximum atomic E-state index is 12.1. The lowest BCUT2D eigenvalue weighted by molar-refractivity contribution is -0.140. The molecule has 2 saturated carbocycles. The van der Waals surface area contributed by atoms with E-state index >= 15 is 0 Å². The number of aliphatic carboxylic acids is 1. The topological polar surface area (TPSA) is 83.5 Å². The van der Waals surface area contributed by atoms with Crippen molar-refractivity contribution in [2.45, 2.75) is 48.5 Å². The van der Waals surface area contributed by atoms with E-state index in [9.17, 15) is 18.3 Å². The number of rotatable bonds is 5. The normalized spacial score (nSPS) is 21.2. The fraction of sp³-hybridized carbons (Fsp3) is 0.500. The smallest absolute Gasteiger partial charge is 0.314 e. The van der Waals surface area contributed by atoms with E-state index in [0.717, 1.165) is 19.3 Å². The Kier molecular flexibility index (Phi) is 3.10. The molecule has 0 saturated heterocycles. The summed E-state index contributed by atoms with van der Waals surface area (Å²) in [6.07, 6.45) is 4.08. The molecule has 6 heteroatoms. The molecule has 2 N–H and O–H groups in total. The Morgan fingerprint density at radius 2 is 1.80 bits per heavy atom. The van der Waals surface area contributed by atoms with Crippen LogP contribution in [0.4, 0.5) is 0 Å². The number of carboxylic acids is 1. The van der Waals surface area contributed by atoms with Crippen LogP contribution in [0, 0.1) is 0 Å². The van der Waals surface area contributed by atoms with Crippen LogP contribution in [0.1, 0.15) is 37.7 Å². The van der Waals surface area contributed by atoms with Crippen molar-refractivity contribution in [3.8, 4) is 0 Å². The van der Waals surface area contributed by atoms with Gasteiger partial charge in [0.2, 0.25) is 10.0 Å². The van der Waals surface area contributed by atoms with Gasteiger partial charge >= 0.3 is 5.97 Å². The number of nitrogens with one attached hydrogen (secondary N) is 1. The first-order valence-electron chi connectivity index (χ1n) is 6.80. The molecule has 1 aromatic carbocycles. The van der Waals surface area contributed by atoms with Gasteiger partial charge in [0.15, 0.2) is 0 Å². The van der Waals surface area contributed by atoms with Gasteiger partial charge in [-0.1, -0.05) is 18.6 Å². The third-order valence-electron chi connectivity index (χ3n) is 4.30. The van der Waals surface area contributed by atoms with Gasteiger partial charge in [0.1, 0.15) is 0 Å². The van der Waals surface area contributed by atoms with Crippen molar-refractivity contribution < 1.29 is 18.3 Å². The first-order chi connectivity index (χ1) is 9.44. The van der Waals surface area contributed by atoms with Crippen LogP contribution < -0.4 is 4.72 Å². The van der Waals surface area contributed by atoms with Crippen LogP contribution in [0.25, 0.3) is 0 Å². The summed E-state index contributed by atoms with van der Waals surface area (Å²) in [4.78, 5) is 11.4. The average molecular weight is 295 g/mol. The van der Waals surface area contributed by atoms with Crippen LogP contribution in [-0.2, 0) is 20.2 Å². The summed E-state index contributed by atoms with van der Waals surface area (Å²) in [5, 5.41) is 9.21. The van der Waals surface area contributed by atoms with Crippen LogP contribution in [-0.4, -0.2) is 25.5 Å². The zero-order valence-electron chi connectivity index (χ0n) is 11.0. The lowest BCUT2D eigenvalue weighted by Crippen LogP contribution is -2.39. The van der Waals surface area contributed by atoms with Gasteiger partial charge in [-0.3, -0.25) is 4.79 Å². The molecule has 0 atom stereocenters. The number of benzene rings is 1. The summed E-state index contributed by atoms with van der Waals surface area (Å²) in [5.41, 5.74) is -0.100. The van der Waals surface area contributed by atoms with Crippen LogP contribution in [0.5, 0.6) is 0 Å². The van der Waals surface area contributed by atoms with Crippen LogP contribution in [0.2, 0.25) is 0 Å². The molecule has 1 aromatic rings. The van der Waals surface area contributed by atoms with Crippen molar-refractivity contribution in [2.24, 2.45) is 0 Å². The second-order valence-corrected chi connectivity index (χ2v) is 7.37. The van der Waals surface area contributed by atoms with Gasteiger partial charge in [-0.15, -0.1) is 0 Å². The highest BCUT2D eigenvalue weighted by Crippen LogP contribution is 2.48. The highest BCUT2D eigenvalue weighted by atomic mass is 32.2.